The molecule has 18 heavy (non-hydrogen) atoms. The van der Waals surface area contributed by atoms with Crippen molar-refractivity contribution in [3.8, 4) is 0 Å². The zero-order chi connectivity index (χ0) is 12.4. The lowest BCUT2D eigenvalue weighted by Gasteiger charge is -2.31. The fourth-order valence-electron chi connectivity index (χ4n) is 3.67. The van der Waals surface area contributed by atoms with Crippen molar-refractivity contribution < 1.29 is 0 Å². The van der Waals surface area contributed by atoms with Crippen LogP contribution in [0.25, 0.3) is 0 Å². The van der Waals surface area contributed by atoms with E-state index >= 15 is 0 Å². The van der Waals surface area contributed by atoms with Crippen molar-refractivity contribution >= 4 is 11.4 Å². The van der Waals surface area contributed by atoms with Gasteiger partial charge in [-0.15, -0.1) is 0 Å². The fourth-order valence-corrected chi connectivity index (χ4v) is 3.67. The van der Waals surface area contributed by atoms with Crippen LogP contribution < -0.4 is 10.2 Å². The zero-order valence-electron chi connectivity index (χ0n) is 11.2. The van der Waals surface area contributed by atoms with Crippen LogP contribution in [0.15, 0.2) is 18.5 Å². The van der Waals surface area contributed by atoms with Crippen molar-refractivity contribution in [2.75, 3.05) is 23.8 Å². The number of aromatic nitrogens is 1. The number of hydrogen-bond acceptors (Lipinski definition) is 3. The van der Waals surface area contributed by atoms with E-state index in [0.717, 1.165) is 17.6 Å². The van der Waals surface area contributed by atoms with Crippen molar-refractivity contribution in [1.82, 2.24) is 4.98 Å². The molecule has 0 amide bonds. The fraction of sp³-hybridized carbons (Fsp3) is 0.667. The van der Waals surface area contributed by atoms with Crippen molar-refractivity contribution in [3.05, 3.63) is 18.5 Å². The van der Waals surface area contributed by atoms with Gasteiger partial charge in [-0.3, -0.25) is 4.98 Å². The number of nitrogens with one attached hydrogen (secondary N) is 1. The van der Waals surface area contributed by atoms with E-state index in [4.69, 9.17) is 0 Å². The average Bonchev–Trinajstić information content (AvgIpc) is 3.09. The van der Waals surface area contributed by atoms with E-state index in [0.29, 0.717) is 0 Å². The quantitative estimate of drug-likeness (QED) is 0.885. The van der Waals surface area contributed by atoms with Gasteiger partial charge in [0.15, 0.2) is 0 Å². The summed E-state index contributed by atoms with van der Waals surface area (Å²) in [6.45, 7) is 1.20. The minimum atomic E-state index is 0.765. The Morgan fingerprint density at radius 1 is 1.17 bits per heavy atom. The first-order valence-corrected chi connectivity index (χ1v) is 7.28. The second-order valence-corrected chi connectivity index (χ2v) is 5.63. The van der Waals surface area contributed by atoms with Crippen molar-refractivity contribution in [2.24, 2.45) is 5.92 Å². The highest BCUT2D eigenvalue weighted by atomic mass is 15.2. The van der Waals surface area contributed by atoms with Crippen LogP contribution in [0.3, 0.4) is 0 Å². The van der Waals surface area contributed by atoms with Crippen LogP contribution in [-0.4, -0.2) is 24.6 Å². The van der Waals surface area contributed by atoms with E-state index in [2.05, 4.69) is 21.3 Å². The van der Waals surface area contributed by atoms with Crippen LogP contribution in [0, 0.1) is 5.92 Å². The SMILES string of the molecule is CNc1cncc(N2CCCC2C2CCCC2)c1. The summed E-state index contributed by atoms with van der Waals surface area (Å²) in [5.41, 5.74) is 2.42. The van der Waals surface area contributed by atoms with E-state index in [1.54, 1.807) is 0 Å². The molecule has 0 spiro atoms. The van der Waals surface area contributed by atoms with Gasteiger partial charge in [0, 0.05) is 19.6 Å². The highest BCUT2D eigenvalue weighted by molar-refractivity contribution is 5.56. The predicted octanol–water partition coefficient (Wildman–Crippen LogP) is 3.28. The number of anilines is 2. The van der Waals surface area contributed by atoms with Gasteiger partial charge >= 0.3 is 0 Å². The molecule has 3 rings (SSSR count). The highest BCUT2D eigenvalue weighted by Crippen LogP contribution is 2.37. The third-order valence-corrected chi connectivity index (χ3v) is 4.59. The van der Waals surface area contributed by atoms with Crippen LogP contribution in [-0.2, 0) is 0 Å². The summed E-state index contributed by atoms with van der Waals surface area (Å²) in [4.78, 5) is 6.96. The van der Waals surface area contributed by atoms with Crippen LogP contribution in [0.2, 0.25) is 0 Å². The summed E-state index contributed by atoms with van der Waals surface area (Å²) in [6, 6.07) is 3.00. The Morgan fingerprint density at radius 3 is 2.78 bits per heavy atom. The highest BCUT2D eigenvalue weighted by Gasteiger charge is 2.33. The molecule has 1 atom stereocenters. The summed E-state index contributed by atoms with van der Waals surface area (Å²) in [5, 5.41) is 3.19. The smallest absolute Gasteiger partial charge is 0.0576 e. The number of rotatable bonds is 3. The molecule has 98 valence electrons. The molecule has 2 heterocycles. The molecule has 2 aliphatic rings. The van der Waals surface area contributed by atoms with Gasteiger partial charge in [-0.1, -0.05) is 12.8 Å². The van der Waals surface area contributed by atoms with Gasteiger partial charge in [-0.2, -0.15) is 0 Å². The third-order valence-electron chi connectivity index (χ3n) is 4.59. The minimum Gasteiger partial charge on any atom is -0.387 e. The van der Waals surface area contributed by atoms with E-state index in [1.807, 2.05) is 19.4 Å². The largest absolute Gasteiger partial charge is 0.387 e. The molecule has 1 saturated heterocycles. The molecular weight excluding hydrogens is 222 g/mol. The zero-order valence-corrected chi connectivity index (χ0v) is 11.2. The Balaban J connectivity index is 1.80. The van der Waals surface area contributed by atoms with E-state index in [9.17, 15) is 0 Å². The molecule has 3 nitrogen and oxygen atoms in total. The number of nitrogens with zero attached hydrogens (tertiary/aromatic N) is 2. The number of pyridine rings is 1. The molecule has 2 fully saturated rings. The topological polar surface area (TPSA) is 28.2 Å². The molecule has 1 unspecified atom stereocenters. The monoisotopic (exact) mass is 245 g/mol. The van der Waals surface area contributed by atoms with E-state index in [1.165, 1.54) is 50.8 Å². The second kappa shape index (κ2) is 5.17. The van der Waals surface area contributed by atoms with E-state index in [-0.39, 0.29) is 0 Å². The predicted molar refractivity (Wildman–Crippen MR) is 76.1 cm³/mol. The molecule has 1 aromatic rings. The lowest BCUT2D eigenvalue weighted by Crippen LogP contribution is -2.34. The standard InChI is InChI=1S/C15H23N3/c1-16-13-9-14(11-17-10-13)18-8-4-7-15(18)12-5-2-3-6-12/h9-12,15-16H,2-8H2,1H3. The minimum absolute atomic E-state index is 0.765. The lowest BCUT2D eigenvalue weighted by molar-refractivity contribution is 0.430. The second-order valence-electron chi connectivity index (χ2n) is 5.63. The molecule has 1 N–H and O–H groups in total. The van der Waals surface area contributed by atoms with Gasteiger partial charge in [0.25, 0.3) is 0 Å². The first-order valence-electron chi connectivity index (χ1n) is 7.28. The van der Waals surface area contributed by atoms with Crippen LogP contribution >= 0.6 is 0 Å². The molecule has 1 aliphatic carbocycles. The van der Waals surface area contributed by atoms with Gasteiger partial charge in [0.2, 0.25) is 0 Å². The molecule has 0 aromatic carbocycles. The molecule has 0 radical (unpaired) electrons. The summed E-state index contributed by atoms with van der Waals surface area (Å²) < 4.78 is 0. The van der Waals surface area contributed by atoms with Gasteiger partial charge < -0.3 is 10.2 Å². The van der Waals surface area contributed by atoms with Gasteiger partial charge in [0.1, 0.15) is 0 Å². The summed E-state index contributed by atoms with van der Waals surface area (Å²) in [6.07, 6.45) is 12.4. The molecule has 1 aliphatic heterocycles. The first kappa shape index (κ1) is 11.8. The van der Waals surface area contributed by atoms with Gasteiger partial charge in [0.05, 0.1) is 23.8 Å². The first-order chi connectivity index (χ1) is 8.88. The Bertz CT molecular complexity index is 398. The molecule has 0 bridgehead atoms. The Morgan fingerprint density at radius 2 is 2.00 bits per heavy atom. The number of hydrogen-bond donors (Lipinski definition) is 1. The Labute approximate surface area is 110 Å². The lowest BCUT2D eigenvalue weighted by atomic mass is 9.96. The van der Waals surface area contributed by atoms with Crippen LogP contribution in [0.5, 0.6) is 0 Å². The average molecular weight is 245 g/mol. The van der Waals surface area contributed by atoms with Crippen molar-refractivity contribution in [3.63, 3.8) is 0 Å². The van der Waals surface area contributed by atoms with Crippen LogP contribution in [0.1, 0.15) is 38.5 Å². The maximum atomic E-state index is 4.36. The third kappa shape index (κ3) is 2.18. The molecule has 1 saturated carbocycles. The Hall–Kier alpha value is -1.25. The maximum Gasteiger partial charge on any atom is 0.0576 e. The summed E-state index contributed by atoms with van der Waals surface area (Å²) in [7, 11) is 1.96. The van der Waals surface area contributed by atoms with Crippen molar-refractivity contribution in [2.45, 2.75) is 44.6 Å². The van der Waals surface area contributed by atoms with Gasteiger partial charge in [-0.25, -0.2) is 0 Å². The normalized spacial score (nSPS) is 24.7. The van der Waals surface area contributed by atoms with Crippen LogP contribution in [0.4, 0.5) is 11.4 Å². The summed E-state index contributed by atoms with van der Waals surface area (Å²) in [5.74, 6) is 0.922. The Kier molecular flexibility index (Phi) is 3.39. The molecule has 3 heteroatoms. The van der Waals surface area contributed by atoms with E-state index < -0.39 is 0 Å². The van der Waals surface area contributed by atoms with Crippen molar-refractivity contribution in [1.29, 1.82) is 0 Å². The molecular formula is C15H23N3. The molecule has 1 aromatic heterocycles. The van der Waals surface area contributed by atoms with Gasteiger partial charge in [-0.05, 0) is 37.7 Å². The summed E-state index contributed by atoms with van der Waals surface area (Å²) >= 11 is 0. The maximum absolute atomic E-state index is 4.36.